The second-order valence-corrected chi connectivity index (χ2v) is 20.2. The van der Waals surface area contributed by atoms with Gasteiger partial charge in [-0.15, -0.1) is 0 Å². The molecule has 0 saturated carbocycles. The van der Waals surface area contributed by atoms with E-state index in [1.165, 1.54) is 15.6 Å². The van der Waals surface area contributed by atoms with Crippen LogP contribution in [0.2, 0.25) is 14.8 Å². The first-order valence-electron chi connectivity index (χ1n) is 6.60. The molecule has 0 amide bonds. The van der Waals surface area contributed by atoms with E-state index in [0.717, 1.165) is 19.4 Å². The topological polar surface area (TPSA) is 44.2 Å². The van der Waals surface area contributed by atoms with E-state index in [-0.39, 0.29) is 6.29 Å². The van der Waals surface area contributed by atoms with E-state index < -0.39 is 18.4 Å². The van der Waals surface area contributed by atoms with Gasteiger partial charge in [-0.05, 0) is 0 Å². The van der Waals surface area contributed by atoms with Crippen molar-refractivity contribution in [3.63, 3.8) is 0 Å². The third-order valence-electron chi connectivity index (χ3n) is 3.18. The van der Waals surface area contributed by atoms with Crippen molar-refractivity contribution in [2.45, 2.75) is 47.0 Å². The summed E-state index contributed by atoms with van der Waals surface area (Å²) in [7, 11) is 0. The molecule has 0 radical (unpaired) electrons. The van der Waals surface area contributed by atoms with Gasteiger partial charge in [-0.2, -0.15) is 0 Å². The van der Waals surface area contributed by atoms with Crippen molar-refractivity contribution >= 4 is 22.0 Å². The molecule has 1 aliphatic rings. The molecule has 1 unspecified atom stereocenters. The normalized spacial score (nSPS) is 20.9. The van der Waals surface area contributed by atoms with Crippen LogP contribution in [0.1, 0.15) is 24.8 Å². The molecule has 1 aromatic heterocycles. The second-order valence-electron chi connectivity index (χ2n) is 5.79. The standard InChI is InChI=1S/C10H13N2O2.3CH3.Sn/c1-2-6-13-10(3-1)14-8-9-4-5-11-12-7-9;;;;/h5,7,10H,1-3,6,8H2;3*1H3;. The zero-order chi connectivity index (χ0) is 13.0. The molecule has 0 aliphatic carbocycles. The summed E-state index contributed by atoms with van der Waals surface area (Å²) < 4.78 is 12.8. The summed E-state index contributed by atoms with van der Waals surface area (Å²) in [6.45, 7) is 1.42. The van der Waals surface area contributed by atoms with Gasteiger partial charge in [-0.25, -0.2) is 0 Å². The van der Waals surface area contributed by atoms with E-state index in [4.69, 9.17) is 9.47 Å². The molecule has 0 bridgehead atoms. The van der Waals surface area contributed by atoms with E-state index in [0.29, 0.717) is 6.61 Å². The van der Waals surface area contributed by atoms with Crippen LogP contribution in [0.5, 0.6) is 0 Å². The van der Waals surface area contributed by atoms with Crippen LogP contribution < -0.4 is 3.58 Å². The number of rotatable bonds is 4. The van der Waals surface area contributed by atoms with E-state index >= 15 is 0 Å². The Balaban J connectivity index is 2.00. The minimum absolute atomic E-state index is 0.0325. The van der Waals surface area contributed by atoms with Crippen molar-refractivity contribution in [2.24, 2.45) is 0 Å². The molecule has 100 valence electrons. The maximum atomic E-state index is 5.85. The number of nitrogens with zero attached hydrogens (tertiary/aromatic N) is 2. The number of hydrogen-bond acceptors (Lipinski definition) is 4. The van der Waals surface area contributed by atoms with Gasteiger partial charge >= 0.3 is 113 Å². The van der Waals surface area contributed by atoms with Crippen LogP contribution in [-0.4, -0.2) is 41.5 Å². The zero-order valence-electron chi connectivity index (χ0n) is 11.5. The van der Waals surface area contributed by atoms with Crippen LogP contribution >= 0.6 is 0 Å². The van der Waals surface area contributed by atoms with Crippen LogP contribution in [0.15, 0.2) is 12.4 Å². The first-order valence-corrected chi connectivity index (χ1v) is 16.6. The molecular formula is C13H22N2O2Sn. The summed E-state index contributed by atoms with van der Waals surface area (Å²) in [5.41, 5.74) is 1.20. The van der Waals surface area contributed by atoms with Crippen molar-refractivity contribution in [3.8, 4) is 0 Å². The van der Waals surface area contributed by atoms with Crippen molar-refractivity contribution in [2.75, 3.05) is 6.61 Å². The fourth-order valence-corrected chi connectivity index (χ4v) is 6.57. The summed E-state index contributed by atoms with van der Waals surface area (Å²) in [6.07, 6.45) is 7.10. The summed E-state index contributed by atoms with van der Waals surface area (Å²) in [4.78, 5) is 7.14. The fraction of sp³-hybridized carbons (Fsp3) is 0.692. The van der Waals surface area contributed by atoms with Gasteiger partial charge in [0.05, 0.1) is 0 Å². The molecule has 2 rings (SSSR count). The molecule has 1 atom stereocenters. The maximum absolute atomic E-state index is 5.85. The molecule has 0 aromatic carbocycles. The van der Waals surface area contributed by atoms with Crippen molar-refractivity contribution < 1.29 is 9.47 Å². The predicted octanol–water partition coefficient (Wildman–Crippen LogP) is 2.06. The Morgan fingerprint density at radius 1 is 1.28 bits per heavy atom. The molecule has 1 aliphatic heterocycles. The minimum atomic E-state index is -2.13. The molecule has 4 nitrogen and oxygen atoms in total. The summed E-state index contributed by atoms with van der Waals surface area (Å²) in [5, 5.41) is 8.01. The monoisotopic (exact) mass is 358 g/mol. The molecule has 1 aromatic rings. The Bertz CT molecular complexity index is 387. The van der Waals surface area contributed by atoms with Crippen LogP contribution in [0.3, 0.4) is 0 Å². The van der Waals surface area contributed by atoms with Crippen LogP contribution in [0, 0.1) is 0 Å². The second kappa shape index (κ2) is 6.30. The predicted molar refractivity (Wildman–Crippen MR) is 73.4 cm³/mol. The first kappa shape index (κ1) is 14.2. The van der Waals surface area contributed by atoms with E-state index in [1.54, 1.807) is 0 Å². The van der Waals surface area contributed by atoms with Gasteiger partial charge in [0, 0.05) is 0 Å². The van der Waals surface area contributed by atoms with Crippen LogP contribution in [0.25, 0.3) is 0 Å². The molecule has 0 spiro atoms. The molecular weight excluding hydrogens is 335 g/mol. The number of aromatic nitrogens is 2. The average molecular weight is 357 g/mol. The van der Waals surface area contributed by atoms with Gasteiger partial charge in [0.1, 0.15) is 0 Å². The van der Waals surface area contributed by atoms with Gasteiger partial charge in [-0.3, -0.25) is 0 Å². The van der Waals surface area contributed by atoms with Crippen molar-refractivity contribution in [1.82, 2.24) is 10.2 Å². The Morgan fingerprint density at radius 2 is 2.06 bits per heavy atom. The van der Waals surface area contributed by atoms with Crippen molar-refractivity contribution in [1.29, 1.82) is 0 Å². The van der Waals surface area contributed by atoms with Gasteiger partial charge in [0.2, 0.25) is 0 Å². The van der Waals surface area contributed by atoms with E-state index in [2.05, 4.69) is 25.0 Å². The fourth-order valence-electron chi connectivity index (χ4n) is 2.16. The summed E-state index contributed by atoms with van der Waals surface area (Å²) in [5.74, 6) is 0. The number of ether oxygens (including phenoxy) is 2. The average Bonchev–Trinajstić information content (AvgIpc) is 2.37. The molecule has 2 heterocycles. The molecule has 1 fully saturated rings. The Hall–Kier alpha value is -0.201. The van der Waals surface area contributed by atoms with E-state index in [1.807, 2.05) is 12.4 Å². The van der Waals surface area contributed by atoms with Crippen LogP contribution in [0.4, 0.5) is 0 Å². The van der Waals surface area contributed by atoms with E-state index in [9.17, 15) is 0 Å². The van der Waals surface area contributed by atoms with Gasteiger partial charge < -0.3 is 0 Å². The molecule has 18 heavy (non-hydrogen) atoms. The van der Waals surface area contributed by atoms with Gasteiger partial charge in [0.15, 0.2) is 0 Å². The van der Waals surface area contributed by atoms with Gasteiger partial charge in [0.25, 0.3) is 0 Å². The Labute approximate surface area is 113 Å². The van der Waals surface area contributed by atoms with Gasteiger partial charge in [-0.1, -0.05) is 0 Å². The SMILES string of the molecule is [CH3][Sn]([CH3])([CH3])[c]1cnncc1COC1CCCCO1. The quantitative estimate of drug-likeness (QED) is 0.774. The third kappa shape index (κ3) is 3.90. The molecule has 5 heteroatoms. The summed E-state index contributed by atoms with van der Waals surface area (Å²) in [6, 6.07) is 0. The Kier molecular flexibility index (Phi) is 4.97. The zero-order valence-corrected chi connectivity index (χ0v) is 14.3. The van der Waals surface area contributed by atoms with Crippen LogP contribution in [-0.2, 0) is 16.1 Å². The molecule has 1 saturated heterocycles. The van der Waals surface area contributed by atoms with Crippen molar-refractivity contribution in [3.05, 3.63) is 18.0 Å². The summed E-state index contributed by atoms with van der Waals surface area (Å²) >= 11 is -2.13. The first-order chi connectivity index (χ1) is 8.57. The third-order valence-corrected chi connectivity index (χ3v) is 9.08. The molecule has 0 N–H and O–H groups in total. The number of hydrogen-bond donors (Lipinski definition) is 0. The Morgan fingerprint density at radius 3 is 2.72 bits per heavy atom.